The summed E-state index contributed by atoms with van der Waals surface area (Å²) in [5, 5.41) is 80.4. The molecule has 0 spiro atoms. The van der Waals surface area contributed by atoms with Gasteiger partial charge in [0.2, 0.25) is 0 Å². The molecule has 103 heavy (non-hydrogen) atoms. The Kier molecular flexibility index (Phi) is 130. The zero-order valence-corrected chi connectivity index (χ0v) is 69.3. The second-order valence-corrected chi connectivity index (χ2v) is 28.1. The topological polar surface area (TPSA) is 321 Å². The Balaban J connectivity index is -0.000000140. The van der Waals surface area contributed by atoms with Crippen molar-refractivity contribution in [3.05, 3.63) is 0 Å². The third kappa shape index (κ3) is 165. The number of carboxylic acids is 8. The summed E-state index contributed by atoms with van der Waals surface area (Å²) < 4.78 is 0. The number of unbranched alkanes of at least 4 members (excludes halogenated alkanes) is 54. The molecule has 621 valence electrons. The number of hydrogen-bond donors (Lipinski definition) is 0. The van der Waals surface area contributed by atoms with E-state index in [-0.39, 0.29) is 68.4 Å². The molecule has 0 saturated heterocycles. The molecule has 0 aliphatic carbocycles. The molecule has 0 aromatic carbocycles. The minimum Gasteiger partial charge on any atom is -0.550 e. The van der Waals surface area contributed by atoms with Gasteiger partial charge >= 0.3 is 17.1 Å². The second-order valence-electron chi connectivity index (χ2n) is 28.1. The molecule has 0 aliphatic heterocycles. The van der Waals surface area contributed by atoms with Gasteiger partial charge < -0.3 is 79.2 Å². The SMILES string of the molecule is CCCCCCCCCC(=O)[O-].CCCCCCCCCC(=O)[O-].CCCCCCCCCC(=O)[O-].CCCCCCCCCC(=O)[O-].CCCCCCCCCC(=O)[O-].CCCCCCCCCC(=O)[O-].CCCCCCCCCC(=O)[O-].CCCCCCCCCCCCCCCC(=O)[O-].[Cu+2]. The van der Waals surface area contributed by atoms with Crippen molar-refractivity contribution in [2.45, 2.75) is 505 Å². The van der Waals surface area contributed by atoms with Crippen LogP contribution in [0, 0.1) is 0 Å². The first-order valence-electron chi connectivity index (χ1n) is 42.8. The van der Waals surface area contributed by atoms with Gasteiger partial charge in [0, 0.05) is 47.8 Å². The van der Waals surface area contributed by atoms with E-state index in [1.165, 1.54) is 295 Å². The van der Waals surface area contributed by atoms with Gasteiger partial charge in [-0.25, -0.2) is 0 Å². The minimum atomic E-state index is -0.913. The summed E-state index contributed by atoms with van der Waals surface area (Å²) in [5.41, 5.74) is 0. The maximum Gasteiger partial charge on any atom is 2.00 e. The number of carbonyl (C=O) groups excluding carboxylic acids is 8. The number of carboxylic acid groups (broad SMARTS) is 8. The van der Waals surface area contributed by atoms with Crippen LogP contribution >= 0.6 is 0 Å². The third-order valence-corrected chi connectivity index (χ3v) is 17.4. The summed E-state index contributed by atoms with van der Waals surface area (Å²) in [6, 6.07) is 0. The van der Waals surface area contributed by atoms with Crippen molar-refractivity contribution in [1.29, 1.82) is 0 Å². The Morgan fingerprint density at radius 3 is 0.243 bits per heavy atom. The van der Waals surface area contributed by atoms with E-state index in [1.54, 1.807) is 0 Å². The average Bonchev–Trinajstić information content (AvgIpc) is 3.78. The van der Waals surface area contributed by atoms with Crippen LogP contribution in [0.15, 0.2) is 0 Å². The summed E-state index contributed by atoms with van der Waals surface area (Å²) in [5.74, 6) is -7.30. The van der Waals surface area contributed by atoms with Crippen LogP contribution in [0.25, 0.3) is 0 Å². The van der Waals surface area contributed by atoms with Crippen molar-refractivity contribution in [1.82, 2.24) is 0 Å². The standard InChI is InChI=1S/C16H32O2.7C10H20O2.Cu/c1-2-3-4-5-6-7-8-9-10-11-12-13-14-15-16(17)18;7*1-2-3-4-5-6-7-8-9-10(11)12;/h2-15H2,1H3,(H,17,18);7*2-9H2,1H3,(H,11,12);/q;;;;;;;;+2/p-8. The molecule has 0 saturated carbocycles. The molecule has 0 aromatic heterocycles. The van der Waals surface area contributed by atoms with Crippen LogP contribution in [-0.2, 0) is 55.4 Å². The predicted octanol–water partition coefficient (Wildman–Crippen LogP) is 17.4. The van der Waals surface area contributed by atoms with Gasteiger partial charge in [0.25, 0.3) is 0 Å². The summed E-state index contributed by atoms with van der Waals surface area (Å²) in [6.07, 6.45) is 75.3. The molecule has 0 aliphatic rings. The van der Waals surface area contributed by atoms with Crippen LogP contribution < -0.4 is 40.9 Å². The molecular weight excluding hydrogens is 1350 g/mol. The Morgan fingerprint density at radius 1 is 0.126 bits per heavy atom. The molecule has 1 radical (unpaired) electrons. The van der Waals surface area contributed by atoms with Crippen molar-refractivity contribution in [3.63, 3.8) is 0 Å². The van der Waals surface area contributed by atoms with E-state index in [0.717, 1.165) is 103 Å². The smallest absolute Gasteiger partial charge is 0.550 e. The Hall–Kier alpha value is -3.72. The summed E-state index contributed by atoms with van der Waals surface area (Å²) in [4.78, 5) is 80.4. The molecule has 0 atom stereocenters. The van der Waals surface area contributed by atoms with Gasteiger partial charge in [-0.1, -0.05) is 402 Å². The van der Waals surface area contributed by atoms with E-state index >= 15 is 0 Å². The number of aliphatic carboxylic acids is 8. The molecule has 0 fully saturated rings. The van der Waals surface area contributed by atoms with Gasteiger partial charge in [0.15, 0.2) is 0 Å². The molecule has 17 heteroatoms. The molecule has 0 heterocycles. The van der Waals surface area contributed by atoms with Gasteiger partial charge in [-0.05, 0) is 103 Å². The Labute approximate surface area is 645 Å². The van der Waals surface area contributed by atoms with Crippen LogP contribution in [0.2, 0.25) is 0 Å². The molecular formula is C86H164CuO16-6. The first-order chi connectivity index (χ1) is 49.2. The maximum atomic E-state index is 10.2. The van der Waals surface area contributed by atoms with Crippen LogP contribution in [-0.4, -0.2) is 47.8 Å². The van der Waals surface area contributed by atoms with E-state index in [0.29, 0.717) is 0 Å². The Bertz CT molecular complexity index is 1390. The van der Waals surface area contributed by atoms with Crippen molar-refractivity contribution >= 4 is 47.8 Å². The van der Waals surface area contributed by atoms with Gasteiger partial charge in [-0.15, -0.1) is 0 Å². The fourth-order valence-corrected chi connectivity index (χ4v) is 10.9. The van der Waals surface area contributed by atoms with E-state index in [1.807, 2.05) is 0 Å². The van der Waals surface area contributed by atoms with E-state index in [4.69, 9.17) is 0 Å². The zero-order chi connectivity index (χ0) is 78.1. The predicted molar refractivity (Wildman–Crippen MR) is 409 cm³/mol. The largest absolute Gasteiger partial charge is 2.00 e. The summed E-state index contributed by atoms with van der Waals surface area (Å²) >= 11 is 0. The van der Waals surface area contributed by atoms with E-state index < -0.39 is 47.8 Å². The van der Waals surface area contributed by atoms with Crippen molar-refractivity contribution in [2.75, 3.05) is 0 Å². The molecule has 0 aromatic rings. The van der Waals surface area contributed by atoms with Gasteiger partial charge in [0.05, 0.1) is 0 Å². The number of carbonyl (C=O) groups is 8. The quantitative estimate of drug-likeness (QED) is 0.0403. The van der Waals surface area contributed by atoms with E-state index in [9.17, 15) is 79.2 Å². The van der Waals surface area contributed by atoms with Crippen molar-refractivity contribution in [3.8, 4) is 0 Å². The molecule has 0 amide bonds. The van der Waals surface area contributed by atoms with Crippen LogP contribution in [0.1, 0.15) is 505 Å². The first-order valence-corrected chi connectivity index (χ1v) is 42.8. The second kappa shape index (κ2) is 114. The van der Waals surface area contributed by atoms with Crippen molar-refractivity contribution in [2.24, 2.45) is 0 Å². The van der Waals surface area contributed by atoms with Gasteiger partial charge in [-0.2, -0.15) is 0 Å². The number of rotatable bonds is 70. The normalized spacial score (nSPS) is 10.1. The molecule has 0 N–H and O–H groups in total. The molecule has 16 nitrogen and oxygen atoms in total. The minimum absolute atomic E-state index is 0. The van der Waals surface area contributed by atoms with Gasteiger partial charge in [-0.3, -0.25) is 0 Å². The summed E-state index contributed by atoms with van der Waals surface area (Å²) in [6.45, 7) is 17.6. The van der Waals surface area contributed by atoms with E-state index in [2.05, 4.69) is 55.4 Å². The maximum absolute atomic E-state index is 10.2. The fraction of sp³-hybridized carbons (Fsp3) is 0.907. The Morgan fingerprint density at radius 2 is 0.184 bits per heavy atom. The molecule has 0 rings (SSSR count). The zero-order valence-electron chi connectivity index (χ0n) is 68.3. The fourth-order valence-electron chi connectivity index (χ4n) is 10.9. The van der Waals surface area contributed by atoms with Crippen LogP contribution in [0.4, 0.5) is 0 Å². The summed E-state index contributed by atoms with van der Waals surface area (Å²) in [7, 11) is 0. The van der Waals surface area contributed by atoms with Crippen LogP contribution in [0.3, 0.4) is 0 Å². The van der Waals surface area contributed by atoms with Crippen LogP contribution in [0.5, 0.6) is 0 Å². The van der Waals surface area contributed by atoms with Gasteiger partial charge in [0.1, 0.15) is 0 Å². The monoisotopic (exact) mass is 1520 g/mol. The molecule has 0 unspecified atom stereocenters. The number of hydrogen-bond acceptors (Lipinski definition) is 16. The van der Waals surface area contributed by atoms with Crippen molar-refractivity contribution < 1.29 is 96.3 Å². The molecule has 0 bridgehead atoms. The average molecular weight is 1520 g/mol. The first kappa shape index (κ1) is 118. The third-order valence-electron chi connectivity index (χ3n) is 17.4.